The second-order valence-corrected chi connectivity index (χ2v) is 7.20. The number of aliphatic imine (C=N–C) groups is 1. The lowest BCUT2D eigenvalue weighted by Gasteiger charge is -2.20. The highest BCUT2D eigenvalue weighted by Crippen LogP contribution is 2.36. The summed E-state index contributed by atoms with van der Waals surface area (Å²) >= 11 is 1.74. The van der Waals surface area contributed by atoms with E-state index in [0.29, 0.717) is 0 Å². The van der Waals surface area contributed by atoms with E-state index < -0.39 is 0 Å². The van der Waals surface area contributed by atoms with E-state index in [1.54, 1.807) is 11.3 Å². The summed E-state index contributed by atoms with van der Waals surface area (Å²) in [5.74, 6) is 0. The van der Waals surface area contributed by atoms with Crippen LogP contribution in [0.3, 0.4) is 0 Å². The summed E-state index contributed by atoms with van der Waals surface area (Å²) in [6.45, 7) is 1.74. The molecule has 0 aliphatic carbocycles. The van der Waals surface area contributed by atoms with Gasteiger partial charge in [-0.3, -0.25) is 4.99 Å². The first kappa shape index (κ1) is 15.4. The Morgan fingerprint density at radius 2 is 1.54 bits per heavy atom. The molecule has 0 spiro atoms. The van der Waals surface area contributed by atoms with Crippen LogP contribution < -0.4 is 0 Å². The zero-order chi connectivity index (χ0) is 17.3. The van der Waals surface area contributed by atoms with Crippen molar-refractivity contribution in [2.45, 2.75) is 6.54 Å². The Labute approximate surface area is 157 Å². The summed E-state index contributed by atoms with van der Waals surface area (Å²) in [4.78, 5) is 4.92. The number of nitrogens with zero attached hydrogens (tertiary/aromatic N) is 2. The van der Waals surface area contributed by atoms with Gasteiger partial charge in [0.2, 0.25) is 0 Å². The highest BCUT2D eigenvalue weighted by molar-refractivity contribution is 7.08. The molecule has 3 heteroatoms. The van der Waals surface area contributed by atoms with Crippen molar-refractivity contribution in [3.05, 3.63) is 94.8 Å². The van der Waals surface area contributed by atoms with Crippen molar-refractivity contribution in [1.29, 1.82) is 0 Å². The predicted molar refractivity (Wildman–Crippen MR) is 110 cm³/mol. The number of hydrogen-bond acceptors (Lipinski definition) is 2. The van der Waals surface area contributed by atoms with E-state index in [9.17, 15) is 0 Å². The third-order valence-electron chi connectivity index (χ3n) is 4.86. The van der Waals surface area contributed by atoms with Crippen LogP contribution in [0.4, 0.5) is 0 Å². The Morgan fingerprint density at radius 3 is 2.23 bits per heavy atom. The quantitative estimate of drug-likeness (QED) is 0.447. The maximum Gasteiger partial charge on any atom is 0.0890 e. The Balaban J connectivity index is 1.78. The van der Waals surface area contributed by atoms with Crippen molar-refractivity contribution in [1.82, 2.24) is 4.57 Å². The lowest BCUT2D eigenvalue weighted by atomic mass is 9.98. The first-order valence-electron chi connectivity index (χ1n) is 8.83. The number of fused-ring (bicyclic) bond motifs is 1. The summed E-state index contributed by atoms with van der Waals surface area (Å²) in [6, 6.07) is 25.7. The molecular formula is C23H18N2S. The average Bonchev–Trinajstić information content (AvgIpc) is 3.37. The van der Waals surface area contributed by atoms with Gasteiger partial charge < -0.3 is 4.57 Å². The molecule has 26 heavy (non-hydrogen) atoms. The fourth-order valence-corrected chi connectivity index (χ4v) is 4.33. The van der Waals surface area contributed by atoms with Gasteiger partial charge in [0, 0.05) is 28.6 Å². The second kappa shape index (κ2) is 6.43. The van der Waals surface area contributed by atoms with Crippen LogP contribution in [-0.4, -0.2) is 16.8 Å². The van der Waals surface area contributed by atoms with Gasteiger partial charge in [-0.2, -0.15) is 11.3 Å². The van der Waals surface area contributed by atoms with E-state index in [4.69, 9.17) is 4.99 Å². The number of hydrogen-bond donors (Lipinski definition) is 0. The van der Waals surface area contributed by atoms with Crippen LogP contribution in [0.2, 0.25) is 0 Å². The normalized spacial score (nSPS) is 13.3. The largest absolute Gasteiger partial charge is 0.337 e. The van der Waals surface area contributed by atoms with Crippen molar-refractivity contribution >= 4 is 17.0 Å². The zero-order valence-electron chi connectivity index (χ0n) is 14.3. The lowest BCUT2D eigenvalue weighted by Crippen LogP contribution is -2.20. The van der Waals surface area contributed by atoms with Crippen LogP contribution in [0.15, 0.2) is 88.5 Å². The first-order chi connectivity index (χ1) is 12.9. The molecule has 0 saturated carbocycles. The molecule has 3 heterocycles. The van der Waals surface area contributed by atoms with Gasteiger partial charge in [-0.25, -0.2) is 0 Å². The van der Waals surface area contributed by atoms with Gasteiger partial charge in [0.25, 0.3) is 0 Å². The van der Waals surface area contributed by atoms with Gasteiger partial charge in [-0.1, -0.05) is 60.7 Å². The van der Waals surface area contributed by atoms with Gasteiger partial charge in [0.15, 0.2) is 0 Å². The molecule has 126 valence electrons. The molecule has 1 aliphatic rings. The fourth-order valence-electron chi connectivity index (χ4n) is 3.68. The van der Waals surface area contributed by atoms with Crippen molar-refractivity contribution in [3.8, 4) is 22.4 Å². The van der Waals surface area contributed by atoms with E-state index in [2.05, 4.69) is 88.1 Å². The zero-order valence-corrected chi connectivity index (χ0v) is 15.1. The summed E-state index contributed by atoms with van der Waals surface area (Å²) in [5.41, 5.74) is 8.57. The number of thiophene rings is 1. The molecule has 0 N–H and O–H groups in total. The van der Waals surface area contributed by atoms with E-state index in [1.807, 2.05) is 0 Å². The molecule has 0 atom stereocenters. The van der Waals surface area contributed by atoms with Gasteiger partial charge in [0.05, 0.1) is 23.6 Å². The van der Waals surface area contributed by atoms with Crippen molar-refractivity contribution in [3.63, 3.8) is 0 Å². The van der Waals surface area contributed by atoms with Gasteiger partial charge in [-0.05, 0) is 23.1 Å². The highest BCUT2D eigenvalue weighted by Gasteiger charge is 2.24. The fraction of sp³-hybridized carbons (Fsp3) is 0.0870. The van der Waals surface area contributed by atoms with Crippen LogP contribution in [0.5, 0.6) is 0 Å². The minimum absolute atomic E-state index is 0.817. The molecule has 2 aromatic carbocycles. The molecule has 2 nitrogen and oxygen atoms in total. The molecule has 0 saturated heterocycles. The molecule has 5 rings (SSSR count). The first-order valence-corrected chi connectivity index (χ1v) is 9.78. The molecule has 2 aromatic heterocycles. The average molecular weight is 354 g/mol. The summed E-state index contributed by atoms with van der Waals surface area (Å²) in [5, 5.41) is 4.37. The maximum absolute atomic E-state index is 4.92. The van der Waals surface area contributed by atoms with Crippen molar-refractivity contribution in [2.75, 3.05) is 6.54 Å². The van der Waals surface area contributed by atoms with E-state index in [-0.39, 0.29) is 0 Å². The number of benzene rings is 2. The summed E-state index contributed by atoms with van der Waals surface area (Å²) < 4.78 is 2.44. The molecule has 0 fully saturated rings. The van der Waals surface area contributed by atoms with E-state index in [0.717, 1.165) is 18.8 Å². The Bertz CT molecular complexity index is 1060. The van der Waals surface area contributed by atoms with Crippen molar-refractivity contribution < 1.29 is 0 Å². The second-order valence-electron chi connectivity index (χ2n) is 6.42. The lowest BCUT2D eigenvalue weighted by molar-refractivity contribution is 0.697. The SMILES string of the molecule is c1ccc(C2=NCCn3c(-c4ccsc4)cc(-c4ccccc4)c32)cc1. The maximum atomic E-state index is 4.92. The Morgan fingerprint density at radius 1 is 0.808 bits per heavy atom. The molecular weight excluding hydrogens is 336 g/mol. The molecule has 0 amide bonds. The number of rotatable bonds is 3. The van der Waals surface area contributed by atoms with E-state index >= 15 is 0 Å². The minimum atomic E-state index is 0.817. The summed E-state index contributed by atoms with van der Waals surface area (Å²) in [7, 11) is 0. The van der Waals surface area contributed by atoms with Crippen LogP contribution in [0.1, 0.15) is 11.3 Å². The number of aromatic nitrogens is 1. The molecule has 0 bridgehead atoms. The molecule has 1 aliphatic heterocycles. The smallest absolute Gasteiger partial charge is 0.0890 e. The Hall–Kier alpha value is -2.91. The van der Waals surface area contributed by atoms with Gasteiger partial charge in [-0.15, -0.1) is 0 Å². The molecule has 0 unspecified atom stereocenters. The van der Waals surface area contributed by atoms with Crippen LogP contribution in [-0.2, 0) is 6.54 Å². The minimum Gasteiger partial charge on any atom is -0.337 e. The monoisotopic (exact) mass is 354 g/mol. The molecule has 0 radical (unpaired) electrons. The third-order valence-corrected chi connectivity index (χ3v) is 5.55. The summed E-state index contributed by atoms with van der Waals surface area (Å²) in [6.07, 6.45) is 0. The molecule has 4 aromatic rings. The predicted octanol–water partition coefficient (Wildman–Crippen LogP) is 5.73. The van der Waals surface area contributed by atoms with Crippen LogP contribution in [0, 0.1) is 0 Å². The standard InChI is InChI=1S/C23H18N2S/c1-3-7-17(8-4-1)20-15-21(19-11-14-26-16-19)25-13-12-24-22(23(20)25)18-9-5-2-6-10-18/h1-11,14-16H,12-13H2. The third kappa shape index (κ3) is 2.52. The Kier molecular flexibility index (Phi) is 3.80. The topological polar surface area (TPSA) is 17.3 Å². The van der Waals surface area contributed by atoms with Crippen LogP contribution in [0.25, 0.3) is 22.4 Å². The van der Waals surface area contributed by atoms with Crippen LogP contribution >= 0.6 is 11.3 Å². The van der Waals surface area contributed by atoms with Gasteiger partial charge in [0.1, 0.15) is 0 Å². The van der Waals surface area contributed by atoms with Crippen molar-refractivity contribution in [2.24, 2.45) is 4.99 Å². The van der Waals surface area contributed by atoms with E-state index in [1.165, 1.54) is 33.6 Å². The highest BCUT2D eigenvalue weighted by atomic mass is 32.1. The van der Waals surface area contributed by atoms with Gasteiger partial charge >= 0.3 is 0 Å².